The Kier molecular flexibility index (Phi) is 1.23. The summed E-state index contributed by atoms with van der Waals surface area (Å²) in [6.07, 6.45) is 7.27. The van der Waals surface area contributed by atoms with E-state index in [1.807, 2.05) is 6.20 Å². The normalized spacial score (nSPS) is 31.7. The van der Waals surface area contributed by atoms with E-state index in [4.69, 9.17) is 0 Å². The lowest BCUT2D eigenvalue weighted by molar-refractivity contribution is 0.501. The second kappa shape index (κ2) is 2.26. The summed E-state index contributed by atoms with van der Waals surface area (Å²) in [6.45, 7) is 0. The summed E-state index contributed by atoms with van der Waals surface area (Å²) < 4.78 is 0. The van der Waals surface area contributed by atoms with Crippen molar-refractivity contribution in [2.75, 3.05) is 0 Å². The Hall–Kier alpha value is -0.960. The lowest BCUT2D eigenvalue weighted by atomic mass is 10.0. The van der Waals surface area contributed by atoms with Crippen molar-refractivity contribution in [1.29, 1.82) is 0 Å². The molecule has 62 valence electrons. The van der Waals surface area contributed by atoms with E-state index >= 15 is 0 Å². The highest BCUT2D eigenvalue weighted by atomic mass is 15.0. The number of rotatable bonds is 0. The molecule has 0 amide bonds. The zero-order valence-corrected chi connectivity index (χ0v) is 6.83. The monoisotopic (exact) mass is 161 g/mol. The molecule has 3 heterocycles. The number of fused-ring (bicyclic) bond motifs is 4. The molecule has 2 aliphatic heterocycles. The summed E-state index contributed by atoms with van der Waals surface area (Å²) in [7, 11) is 0. The maximum Gasteiger partial charge on any atom is 0.115 e. The van der Waals surface area contributed by atoms with Gasteiger partial charge in [0, 0.05) is 12.2 Å². The van der Waals surface area contributed by atoms with Gasteiger partial charge in [0.2, 0.25) is 0 Å². The van der Waals surface area contributed by atoms with Crippen LogP contribution in [0.3, 0.4) is 0 Å². The van der Waals surface area contributed by atoms with Crippen LogP contribution in [0.2, 0.25) is 0 Å². The molecule has 0 spiro atoms. The highest BCUT2D eigenvalue weighted by Crippen LogP contribution is 2.33. The van der Waals surface area contributed by atoms with Gasteiger partial charge in [0.15, 0.2) is 0 Å². The lowest BCUT2D eigenvalue weighted by Crippen LogP contribution is -2.32. The predicted molar refractivity (Wildman–Crippen MR) is 44.6 cm³/mol. The molecule has 2 bridgehead atoms. The zero-order chi connectivity index (χ0) is 7.97. The first kappa shape index (κ1) is 6.54. The summed E-state index contributed by atoms with van der Waals surface area (Å²) >= 11 is 0. The Labute approximate surface area is 71.2 Å². The van der Waals surface area contributed by atoms with Crippen molar-refractivity contribution < 1.29 is 0 Å². The largest absolute Gasteiger partial charge is 0.305 e. The third kappa shape index (κ3) is 0.799. The predicted octanol–water partition coefficient (Wildman–Crippen LogP) is 0.826. The number of hydrogen-bond acceptors (Lipinski definition) is 3. The Morgan fingerprint density at radius 1 is 1.42 bits per heavy atom. The molecule has 3 rings (SSSR count). The molecule has 1 aromatic heterocycles. The summed E-state index contributed by atoms with van der Waals surface area (Å²) in [5, 5.41) is 3.56. The summed E-state index contributed by atoms with van der Waals surface area (Å²) in [4.78, 5) is 8.38. The fraction of sp³-hybridized carbons (Fsp3) is 0.556. The SMILES string of the molecule is c1ncc2c(n1)C1CCC(C2)N1. The molecular weight excluding hydrogens is 150 g/mol. The first-order valence-electron chi connectivity index (χ1n) is 4.48. The number of nitrogens with zero attached hydrogens (tertiary/aromatic N) is 2. The summed E-state index contributed by atoms with van der Waals surface area (Å²) in [5.74, 6) is 0. The molecule has 1 fully saturated rings. The topological polar surface area (TPSA) is 37.8 Å². The third-order valence-corrected chi connectivity index (χ3v) is 2.86. The summed E-state index contributed by atoms with van der Waals surface area (Å²) in [6, 6.07) is 1.20. The van der Waals surface area contributed by atoms with Crippen molar-refractivity contribution in [3.05, 3.63) is 23.8 Å². The van der Waals surface area contributed by atoms with Crippen LogP contribution in [0.5, 0.6) is 0 Å². The van der Waals surface area contributed by atoms with Gasteiger partial charge in [0.05, 0.1) is 11.7 Å². The molecule has 2 aliphatic rings. The van der Waals surface area contributed by atoms with E-state index in [0.29, 0.717) is 12.1 Å². The number of aromatic nitrogens is 2. The van der Waals surface area contributed by atoms with Gasteiger partial charge in [-0.05, 0) is 24.8 Å². The van der Waals surface area contributed by atoms with Gasteiger partial charge in [0.25, 0.3) is 0 Å². The maximum absolute atomic E-state index is 4.32. The van der Waals surface area contributed by atoms with Gasteiger partial charge in [-0.3, -0.25) is 0 Å². The minimum absolute atomic E-state index is 0.516. The van der Waals surface area contributed by atoms with Crippen LogP contribution in [0.15, 0.2) is 12.5 Å². The highest BCUT2D eigenvalue weighted by Gasteiger charge is 2.32. The van der Waals surface area contributed by atoms with E-state index < -0.39 is 0 Å². The first-order valence-corrected chi connectivity index (χ1v) is 4.48. The van der Waals surface area contributed by atoms with Gasteiger partial charge < -0.3 is 5.32 Å². The van der Waals surface area contributed by atoms with Gasteiger partial charge in [-0.15, -0.1) is 0 Å². The molecular formula is C9H11N3. The van der Waals surface area contributed by atoms with Crippen molar-refractivity contribution in [3.63, 3.8) is 0 Å². The Morgan fingerprint density at radius 3 is 3.42 bits per heavy atom. The van der Waals surface area contributed by atoms with E-state index in [-0.39, 0.29) is 0 Å². The van der Waals surface area contributed by atoms with Gasteiger partial charge >= 0.3 is 0 Å². The van der Waals surface area contributed by atoms with E-state index in [1.165, 1.54) is 24.1 Å². The second-order valence-corrected chi connectivity index (χ2v) is 3.63. The third-order valence-electron chi connectivity index (χ3n) is 2.86. The molecule has 1 saturated heterocycles. The minimum Gasteiger partial charge on any atom is -0.305 e. The van der Waals surface area contributed by atoms with E-state index in [2.05, 4.69) is 15.3 Å². The fourth-order valence-corrected chi connectivity index (χ4v) is 2.30. The van der Waals surface area contributed by atoms with Crippen LogP contribution < -0.4 is 5.32 Å². The zero-order valence-electron chi connectivity index (χ0n) is 6.83. The van der Waals surface area contributed by atoms with Gasteiger partial charge in [-0.25, -0.2) is 9.97 Å². The Balaban J connectivity index is 2.13. The van der Waals surface area contributed by atoms with Crippen LogP contribution in [0.25, 0.3) is 0 Å². The molecule has 0 saturated carbocycles. The van der Waals surface area contributed by atoms with Crippen molar-refractivity contribution in [2.24, 2.45) is 0 Å². The molecule has 1 N–H and O–H groups in total. The van der Waals surface area contributed by atoms with Crippen LogP contribution in [0.4, 0.5) is 0 Å². The molecule has 0 aliphatic carbocycles. The Morgan fingerprint density at radius 2 is 2.42 bits per heavy atom. The molecule has 3 heteroatoms. The molecule has 2 atom stereocenters. The molecule has 0 radical (unpaired) electrons. The first-order chi connectivity index (χ1) is 5.93. The average molecular weight is 161 g/mol. The van der Waals surface area contributed by atoms with Crippen LogP contribution >= 0.6 is 0 Å². The van der Waals surface area contributed by atoms with Crippen LogP contribution in [-0.4, -0.2) is 16.0 Å². The van der Waals surface area contributed by atoms with Gasteiger partial charge in [-0.2, -0.15) is 0 Å². The molecule has 1 aromatic rings. The van der Waals surface area contributed by atoms with Gasteiger partial charge in [0.1, 0.15) is 6.33 Å². The van der Waals surface area contributed by atoms with Crippen molar-refractivity contribution >= 4 is 0 Å². The molecule has 12 heavy (non-hydrogen) atoms. The molecule has 0 aromatic carbocycles. The standard InChI is InChI=1S/C9H11N3/c1-2-8-9-6(3-7(1)12-8)4-10-5-11-9/h4-5,7-8,12H,1-3H2. The van der Waals surface area contributed by atoms with Crippen molar-refractivity contribution in [3.8, 4) is 0 Å². The van der Waals surface area contributed by atoms with Crippen LogP contribution in [0.1, 0.15) is 30.1 Å². The van der Waals surface area contributed by atoms with Crippen molar-refractivity contribution in [2.45, 2.75) is 31.3 Å². The minimum atomic E-state index is 0.516. The van der Waals surface area contributed by atoms with Crippen LogP contribution in [-0.2, 0) is 6.42 Å². The van der Waals surface area contributed by atoms with Crippen molar-refractivity contribution in [1.82, 2.24) is 15.3 Å². The van der Waals surface area contributed by atoms with E-state index in [0.717, 1.165) is 6.42 Å². The van der Waals surface area contributed by atoms with Crippen LogP contribution in [0, 0.1) is 0 Å². The Bertz CT molecular complexity index is 310. The van der Waals surface area contributed by atoms with E-state index in [1.54, 1.807) is 6.33 Å². The van der Waals surface area contributed by atoms with E-state index in [9.17, 15) is 0 Å². The lowest BCUT2D eigenvalue weighted by Gasteiger charge is -2.22. The number of hydrogen-bond donors (Lipinski definition) is 1. The molecule has 2 unspecified atom stereocenters. The maximum atomic E-state index is 4.32. The number of nitrogens with one attached hydrogen (secondary N) is 1. The van der Waals surface area contributed by atoms with Gasteiger partial charge in [-0.1, -0.05) is 0 Å². The quantitative estimate of drug-likeness (QED) is 0.612. The highest BCUT2D eigenvalue weighted by molar-refractivity contribution is 5.26. The smallest absolute Gasteiger partial charge is 0.115 e. The average Bonchev–Trinajstić information content (AvgIpc) is 2.49. The molecule has 3 nitrogen and oxygen atoms in total. The second-order valence-electron chi connectivity index (χ2n) is 3.63. The fourth-order valence-electron chi connectivity index (χ4n) is 2.30. The summed E-state index contributed by atoms with van der Waals surface area (Å²) in [5.41, 5.74) is 2.59.